The average molecular weight is 496 g/mol. The maximum absolute atomic E-state index is 6.24. The predicted molar refractivity (Wildman–Crippen MR) is 137 cm³/mol. The number of aromatic nitrogens is 6. The fraction of sp³-hybridized carbons (Fsp3) is 0.458. The minimum absolute atomic E-state index is 0.0913. The standard InChI is InChI=1S/C24H29N7OS2/c1-4-5-17-12-26-22(27-13-17)30-10-8-18(9-11-30)16(2)32-24-29-31-15-20(28-23(31)34-24)19-6-7-21(33-3)25-14-19/h6-7,12-16,18H,4-5,8-11H2,1-3H3/t16-/m0/s1. The van der Waals surface area contributed by atoms with Crippen LogP contribution in [0.2, 0.25) is 0 Å². The van der Waals surface area contributed by atoms with Gasteiger partial charge in [0.2, 0.25) is 10.9 Å². The highest BCUT2D eigenvalue weighted by Gasteiger charge is 2.27. The fourth-order valence-electron chi connectivity index (χ4n) is 4.27. The second kappa shape index (κ2) is 10.3. The number of thioether (sulfide) groups is 1. The molecule has 1 fully saturated rings. The number of imidazole rings is 1. The van der Waals surface area contributed by atoms with Crippen molar-refractivity contribution in [1.82, 2.24) is 29.5 Å². The zero-order valence-corrected chi connectivity index (χ0v) is 21.3. The van der Waals surface area contributed by atoms with Crippen molar-refractivity contribution in [3.8, 4) is 16.5 Å². The van der Waals surface area contributed by atoms with E-state index in [1.54, 1.807) is 16.3 Å². The normalized spacial score (nSPS) is 15.7. The van der Waals surface area contributed by atoms with Crippen LogP contribution in [-0.2, 0) is 6.42 Å². The summed E-state index contributed by atoms with van der Waals surface area (Å²) < 4.78 is 8.04. The van der Waals surface area contributed by atoms with E-state index in [0.29, 0.717) is 11.1 Å². The van der Waals surface area contributed by atoms with Gasteiger partial charge >= 0.3 is 0 Å². The third-order valence-electron chi connectivity index (χ3n) is 6.27. The van der Waals surface area contributed by atoms with Gasteiger partial charge in [-0.2, -0.15) is 0 Å². The Hall–Kier alpha value is -2.72. The van der Waals surface area contributed by atoms with Crippen molar-refractivity contribution in [2.24, 2.45) is 5.92 Å². The second-order valence-electron chi connectivity index (χ2n) is 8.60. The number of ether oxygens (including phenoxy) is 1. The SMILES string of the molecule is CCCc1cnc(N2CCC([C@H](C)Oc3nn4cc(-c5ccc(SC)nc5)nc4s3)CC2)nc1. The van der Waals surface area contributed by atoms with Gasteiger partial charge in [0.25, 0.3) is 5.19 Å². The van der Waals surface area contributed by atoms with E-state index >= 15 is 0 Å². The third kappa shape index (κ3) is 5.02. The summed E-state index contributed by atoms with van der Waals surface area (Å²) >= 11 is 3.11. The minimum Gasteiger partial charge on any atom is -0.466 e. The Bertz CT molecular complexity index is 1180. The van der Waals surface area contributed by atoms with E-state index in [1.807, 2.05) is 43.2 Å². The molecule has 10 heteroatoms. The van der Waals surface area contributed by atoms with Gasteiger partial charge in [-0.1, -0.05) is 13.3 Å². The lowest BCUT2D eigenvalue weighted by Gasteiger charge is -2.34. The molecule has 1 atom stereocenters. The summed E-state index contributed by atoms with van der Waals surface area (Å²) in [5.74, 6) is 1.31. The number of hydrogen-bond donors (Lipinski definition) is 0. The molecule has 34 heavy (non-hydrogen) atoms. The van der Waals surface area contributed by atoms with E-state index in [4.69, 9.17) is 9.72 Å². The van der Waals surface area contributed by atoms with Gasteiger partial charge in [-0.25, -0.2) is 24.5 Å². The first-order valence-electron chi connectivity index (χ1n) is 11.7. The highest BCUT2D eigenvalue weighted by molar-refractivity contribution is 7.98. The highest BCUT2D eigenvalue weighted by Crippen LogP contribution is 2.30. The van der Waals surface area contributed by atoms with E-state index in [2.05, 4.69) is 38.8 Å². The summed E-state index contributed by atoms with van der Waals surface area (Å²) in [5, 5.41) is 6.27. The fourth-order valence-corrected chi connectivity index (χ4v) is 5.45. The maximum Gasteiger partial charge on any atom is 0.294 e. The molecule has 1 aliphatic heterocycles. The summed E-state index contributed by atoms with van der Waals surface area (Å²) in [6.45, 7) is 6.20. The Kier molecular flexibility index (Phi) is 6.96. The lowest BCUT2D eigenvalue weighted by Crippen LogP contribution is -2.39. The number of hydrogen-bond acceptors (Lipinski definition) is 9. The number of nitrogens with zero attached hydrogens (tertiary/aromatic N) is 7. The van der Waals surface area contributed by atoms with Crippen LogP contribution >= 0.6 is 23.1 Å². The van der Waals surface area contributed by atoms with E-state index in [-0.39, 0.29) is 6.10 Å². The summed E-state index contributed by atoms with van der Waals surface area (Å²) in [6, 6.07) is 4.05. The van der Waals surface area contributed by atoms with Crippen LogP contribution in [0.3, 0.4) is 0 Å². The first kappa shape index (κ1) is 23.0. The molecule has 0 radical (unpaired) electrons. The van der Waals surface area contributed by atoms with Crippen molar-refractivity contribution in [1.29, 1.82) is 0 Å². The van der Waals surface area contributed by atoms with Crippen LogP contribution in [0.1, 0.15) is 38.7 Å². The molecule has 8 nitrogen and oxygen atoms in total. The number of pyridine rings is 1. The first-order valence-corrected chi connectivity index (χ1v) is 13.8. The van der Waals surface area contributed by atoms with Gasteiger partial charge in [-0.05, 0) is 67.4 Å². The molecule has 4 aromatic heterocycles. The number of fused-ring (bicyclic) bond motifs is 1. The third-order valence-corrected chi connectivity index (χ3v) is 7.74. The van der Waals surface area contributed by atoms with Crippen LogP contribution in [-0.4, -0.2) is 55.0 Å². The predicted octanol–water partition coefficient (Wildman–Crippen LogP) is 5.00. The molecule has 0 amide bonds. The highest BCUT2D eigenvalue weighted by atomic mass is 32.2. The van der Waals surface area contributed by atoms with Crippen LogP contribution in [0.15, 0.2) is 41.9 Å². The van der Waals surface area contributed by atoms with Crippen LogP contribution in [0, 0.1) is 5.92 Å². The monoisotopic (exact) mass is 495 g/mol. The van der Waals surface area contributed by atoms with Crippen LogP contribution < -0.4 is 9.64 Å². The van der Waals surface area contributed by atoms with Gasteiger partial charge in [0.05, 0.1) is 16.9 Å². The van der Waals surface area contributed by atoms with Gasteiger partial charge in [0.1, 0.15) is 6.10 Å². The van der Waals surface area contributed by atoms with Gasteiger partial charge in [-0.3, -0.25) is 0 Å². The van der Waals surface area contributed by atoms with E-state index in [0.717, 1.165) is 66.0 Å². The number of rotatable bonds is 8. The molecule has 0 spiro atoms. The van der Waals surface area contributed by atoms with Crippen molar-refractivity contribution in [3.63, 3.8) is 0 Å². The van der Waals surface area contributed by atoms with E-state index in [1.165, 1.54) is 16.9 Å². The molecule has 5 heterocycles. The van der Waals surface area contributed by atoms with Gasteiger partial charge in [0, 0.05) is 37.2 Å². The largest absolute Gasteiger partial charge is 0.466 e. The van der Waals surface area contributed by atoms with Crippen molar-refractivity contribution < 1.29 is 4.74 Å². The van der Waals surface area contributed by atoms with E-state index in [9.17, 15) is 0 Å². The number of piperidine rings is 1. The van der Waals surface area contributed by atoms with Crippen molar-refractivity contribution in [2.45, 2.75) is 50.7 Å². The Labute approximate surface area is 207 Å². The molecule has 1 saturated heterocycles. The first-order chi connectivity index (χ1) is 16.6. The Morgan fingerprint density at radius 2 is 1.94 bits per heavy atom. The zero-order chi connectivity index (χ0) is 23.5. The molecule has 5 rings (SSSR count). The second-order valence-corrected chi connectivity index (χ2v) is 10.3. The molecule has 0 aromatic carbocycles. The lowest BCUT2D eigenvalue weighted by molar-refractivity contribution is 0.131. The summed E-state index contributed by atoms with van der Waals surface area (Å²) in [6.07, 6.45) is 14.1. The zero-order valence-electron chi connectivity index (χ0n) is 19.7. The molecule has 1 aliphatic rings. The van der Waals surface area contributed by atoms with Crippen molar-refractivity contribution >= 4 is 34.0 Å². The smallest absolute Gasteiger partial charge is 0.294 e. The van der Waals surface area contributed by atoms with Crippen molar-refractivity contribution in [3.05, 3.63) is 42.5 Å². The van der Waals surface area contributed by atoms with Crippen LogP contribution in [0.4, 0.5) is 5.95 Å². The number of aryl methyl sites for hydroxylation is 1. The quantitative estimate of drug-likeness (QED) is 0.316. The molecule has 0 N–H and O–H groups in total. The Morgan fingerprint density at radius 1 is 1.15 bits per heavy atom. The van der Waals surface area contributed by atoms with E-state index < -0.39 is 0 Å². The number of anilines is 1. The Morgan fingerprint density at radius 3 is 2.59 bits per heavy atom. The molecule has 4 aromatic rings. The lowest BCUT2D eigenvalue weighted by atomic mass is 9.92. The summed E-state index contributed by atoms with van der Waals surface area (Å²) in [4.78, 5) is 21.4. The molecular weight excluding hydrogens is 466 g/mol. The minimum atomic E-state index is 0.0913. The van der Waals surface area contributed by atoms with Crippen LogP contribution in [0.25, 0.3) is 16.2 Å². The Balaban J connectivity index is 1.17. The molecule has 0 bridgehead atoms. The summed E-state index contributed by atoms with van der Waals surface area (Å²) in [7, 11) is 0. The maximum atomic E-state index is 6.24. The van der Waals surface area contributed by atoms with Crippen molar-refractivity contribution in [2.75, 3.05) is 24.2 Å². The molecular formula is C24H29N7OS2. The van der Waals surface area contributed by atoms with Gasteiger partial charge < -0.3 is 9.64 Å². The topological polar surface area (TPSA) is 81.3 Å². The van der Waals surface area contributed by atoms with Gasteiger partial charge in [0.15, 0.2) is 0 Å². The molecule has 0 unspecified atom stereocenters. The van der Waals surface area contributed by atoms with Gasteiger partial charge in [-0.15, -0.1) is 16.9 Å². The molecule has 178 valence electrons. The van der Waals surface area contributed by atoms with Crippen LogP contribution in [0.5, 0.6) is 5.19 Å². The summed E-state index contributed by atoms with van der Waals surface area (Å²) in [5.41, 5.74) is 3.06. The average Bonchev–Trinajstić information content (AvgIpc) is 3.44. The molecule has 0 saturated carbocycles. The molecule has 0 aliphatic carbocycles.